The summed E-state index contributed by atoms with van der Waals surface area (Å²) in [6, 6.07) is 8.06. The summed E-state index contributed by atoms with van der Waals surface area (Å²) in [5.74, 6) is 0.201. The second-order valence-electron chi connectivity index (χ2n) is 7.31. The highest BCUT2D eigenvalue weighted by Crippen LogP contribution is 2.34. The van der Waals surface area contributed by atoms with Gasteiger partial charge in [-0.3, -0.25) is 4.79 Å². The van der Waals surface area contributed by atoms with Gasteiger partial charge in [0.05, 0.1) is 12.1 Å². The highest BCUT2D eigenvalue weighted by atomic mass is 32.2. The Hall–Kier alpha value is -1.90. The van der Waals surface area contributed by atoms with E-state index < -0.39 is 5.97 Å². The molecule has 1 aliphatic heterocycles. The smallest absolute Gasteiger partial charge is 0.355 e. The van der Waals surface area contributed by atoms with Gasteiger partial charge in [0.2, 0.25) is 5.91 Å². The molecule has 0 spiro atoms. The van der Waals surface area contributed by atoms with Crippen LogP contribution >= 0.6 is 23.1 Å². The molecule has 0 aliphatic carbocycles. The molecule has 1 aromatic carbocycles. The highest BCUT2D eigenvalue weighted by Gasteiger charge is 2.36. The number of carboxylic acid groups (broad SMARTS) is 1. The average molecular weight is 434 g/mol. The summed E-state index contributed by atoms with van der Waals surface area (Å²) in [4.78, 5) is 29.4. The zero-order valence-corrected chi connectivity index (χ0v) is 18.3. The molecule has 3 N–H and O–H groups in total. The van der Waals surface area contributed by atoms with E-state index in [0.29, 0.717) is 29.0 Å². The van der Waals surface area contributed by atoms with Gasteiger partial charge in [-0.05, 0) is 29.9 Å². The van der Waals surface area contributed by atoms with Crippen LogP contribution in [0.1, 0.15) is 66.7 Å². The minimum atomic E-state index is -1.02. The van der Waals surface area contributed by atoms with Crippen molar-refractivity contribution in [3.8, 4) is 0 Å². The highest BCUT2D eigenvalue weighted by molar-refractivity contribution is 8.01. The number of aromatic carboxylic acids is 1. The summed E-state index contributed by atoms with van der Waals surface area (Å²) >= 11 is 2.79. The second kappa shape index (κ2) is 9.73. The fraction of sp³-hybridized carbons (Fsp3) is 0.476. The molecule has 1 aliphatic rings. The zero-order chi connectivity index (χ0) is 21.0. The fourth-order valence-electron chi connectivity index (χ4n) is 3.76. The van der Waals surface area contributed by atoms with Crippen molar-refractivity contribution < 1.29 is 14.7 Å². The van der Waals surface area contributed by atoms with E-state index in [0.717, 1.165) is 18.4 Å². The van der Waals surface area contributed by atoms with E-state index in [2.05, 4.69) is 31.0 Å². The number of hydrogen-bond donors (Lipinski definition) is 2. The standard InChI is InChI=1S/C21H27N3O3S2/c1-3-13(2)14-6-4-5-7-15(14)19(22)17-8-9-18(25)24(17)10-11-28-21-23-16(12-29-21)20(26)27/h4-7,12-13,17,19H,3,8-11,22H2,1-2H3,(H,26,27)/t13?,17-,19?/m1/s1. The van der Waals surface area contributed by atoms with Crippen LogP contribution in [-0.4, -0.2) is 45.2 Å². The third-order valence-corrected chi connectivity index (χ3v) is 7.55. The molecule has 8 heteroatoms. The van der Waals surface area contributed by atoms with Gasteiger partial charge in [-0.25, -0.2) is 9.78 Å². The van der Waals surface area contributed by atoms with Gasteiger partial charge in [-0.15, -0.1) is 11.3 Å². The summed E-state index contributed by atoms with van der Waals surface area (Å²) in [6.45, 7) is 4.96. The third kappa shape index (κ3) is 4.99. The number of carbonyl (C=O) groups excluding carboxylic acids is 1. The van der Waals surface area contributed by atoms with E-state index in [9.17, 15) is 9.59 Å². The summed E-state index contributed by atoms with van der Waals surface area (Å²) in [5, 5.41) is 10.5. The molecule has 1 saturated heterocycles. The monoisotopic (exact) mass is 433 g/mol. The summed E-state index contributed by atoms with van der Waals surface area (Å²) in [5.41, 5.74) is 9.15. The molecule has 2 heterocycles. The van der Waals surface area contributed by atoms with Crippen LogP contribution in [0, 0.1) is 0 Å². The van der Waals surface area contributed by atoms with Crippen LogP contribution in [0.15, 0.2) is 34.0 Å². The number of likely N-dealkylation sites (tertiary alicyclic amines) is 1. The lowest BCUT2D eigenvalue weighted by Crippen LogP contribution is -2.42. The minimum Gasteiger partial charge on any atom is -0.476 e. The van der Waals surface area contributed by atoms with E-state index in [1.165, 1.54) is 34.0 Å². The van der Waals surface area contributed by atoms with E-state index in [4.69, 9.17) is 10.8 Å². The first kappa shape index (κ1) is 21.8. The van der Waals surface area contributed by atoms with Crippen molar-refractivity contribution in [2.24, 2.45) is 5.73 Å². The SMILES string of the molecule is CCC(C)c1ccccc1C(N)[C@H]1CCC(=O)N1CCSc1nc(C(=O)O)cs1. The lowest BCUT2D eigenvalue weighted by atomic mass is 9.87. The van der Waals surface area contributed by atoms with Crippen LogP contribution < -0.4 is 5.73 Å². The van der Waals surface area contributed by atoms with Gasteiger partial charge in [0.25, 0.3) is 0 Å². The molecule has 1 aromatic heterocycles. The maximum absolute atomic E-state index is 12.5. The van der Waals surface area contributed by atoms with E-state index in [1.54, 1.807) is 0 Å². The van der Waals surface area contributed by atoms with Crippen LogP contribution in [0.3, 0.4) is 0 Å². The number of nitrogens with zero attached hydrogens (tertiary/aromatic N) is 2. The number of thioether (sulfide) groups is 1. The van der Waals surface area contributed by atoms with Gasteiger partial charge < -0.3 is 15.7 Å². The maximum Gasteiger partial charge on any atom is 0.355 e. The van der Waals surface area contributed by atoms with Gasteiger partial charge in [0, 0.05) is 24.1 Å². The Morgan fingerprint density at radius 3 is 2.79 bits per heavy atom. The number of hydrogen-bond acceptors (Lipinski definition) is 6. The molecule has 3 atom stereocenters. The molecule has 29 heavy (non-hydrogen) atoms. The van der Waals surface area contributed by atoms with Crippen molar-refractivity contribution in [1.82, 2.24) is 9.88 Å². The average Bonchev–Trinajstić information content (AvgIpc) is 3.34. The number of thiazole rings is 1. The molecule has 3 rings (SSSR count). The topological polar surface area (TPSA) is 96.5 Å². The molecule has 156 valence electrons. The molecule has 0 radical (unpaired) electrons. The van der Waals surface area contributed by atoms with Crippen molar-refractivity contribution in [2.75, 3.05) is 12.3 Å². The fourth-order valence-corrected chi connectivity index (χ4v) is 5.57. The second-order valence-corrected chi connectivity index (χ2v) is 9.51. The molecule has 2 unspecified atom stereocenters. The maximum atomic E-state index is 12.5. The Bertz CT molecular complexity index is 870. The van der Waals surface area contributed by atoms with Crippen molar-refractivity contribution in [1.29, 1.82) is 0 Å². The number of aromatic nitrogens is 1. The van der Waals surface area contributed by atoms with E-state index in [-0.39, 0.29) is 23.7 Å². The summed E-state index contributed by atoms with van der Waals surface area (Å²) in [7, 11) is 0. The van der Waals surface area contributed by atoms with Crippen molar-refractivity contribution in [2.45, 2.75) is 55.5 Å². The van der Waals surface area contributed by atoms with Gasteiger partial charge in [-0.2, -0.15) is 0 Å². The molecule has 1 fully saturated rings. The molecule has 1 amide bonds. The van der Waals surface area contributed by atoms with Gasteiger partial charge in [0.15, 0.2) is 10.0 Å². The first-order valence-corrected chi connectivity index (χ1v) is 11.7. The lowest BCUT2D eigenvalue weighted by molar-refractivity contribution is -0.128. The Kier molecular flexibility index (Phi) is 7.32. The van der Waals surface area contributed by atoms with Crippen LogP contribution in [0.2, 0.25) is 0 Å². The van der Waals surface area contributed by atoms with E-state index in [1.807, 2.05) is 17.0 Å². The van der Waals surface area contributed by atoms with Crippen molar-refractivity contribution in [3.05, 3.63) is 46.5 Å². The Morgan fingerprint density at radius 2 is 2.14 bits per heavy atom. The van der Waals surface area contributed by atoms with Gasteiger partial charge >= 0.3 is 5.97 Å². The molecule has 6 nitrogen and oxygen atoms in total. The number of carboxylic acids is 1. The van der Waals surface area contributed by atoms with Gasteiger partial charge in [0.1, 0.15) is 0 Å². The van der Waals surface area contributed by atoms with Crippen molar-refractivity contribution in [3.63, 3.8) is 0 Å². The molecule has 0 bridgehead atoms. The third-order valence-electron chi connectivity index (χ3n) is 5.55. The zero-order valence-electron chi connectivity index (χ0n) is 16.7. The number of benzene rings is 1. The number of carbonyl (C=O) groups is 2. The first-order valence-electron chi connectivity index (χ1n) is 9.87. The van der Waals surface area contributed by atoms with Crippen LogP contribution in [-0.2, 0) is 4.79 Å². The van der Waals surface area contributed by atoms with E-state index >= 15 is 0 Å². The quantitative estimate of drug-likeness (QED) is 0.577. The number of nitrogens with two attached hydrogens (primary N) is 1. The number of rotatable bonds is 9. The van der Waals surface area contributed by atoms with Crippen LogP contribution in [0.5, 0.6) is 0 Å². The Labute approximate surface area is 179 Å². The summed E-state index contributed by atoms with van der Waals surface area (Å²) < 4.78 is 0.706. The molecular weight excluding hydrogens is 406 g/mol. The summed E-state index contributed by atoms with van der Waals surface area (Å²) in [6.07, 6.45) is 2.33. The predicted octanol–water partition coefficient (Wildman–Crippen LogP) is 4.14. The molecule has 0 saturated carbocycles. The van der Waals surface area contributed by atoms with Crippen LogP contribution in [0.4, 0.5) is 0 Å². The predicted molar refractivity (Wildman–Crippen MR) is 117 cm³/mol. The normalized spacial score (nSPS) is 18.8. The first-order chi connectivity index (χ1) is 13.9. The minimum absolute atomic E-state index is 0.0146. The van der Waals surface area contributed by atoms with Crippen LogP contribution in [0.25, 0.3) is 0 Å². The largest absolute Gasteiger partial charge is 0.476 e. The Morgan fingerprint density at radius 1 is 1.41 bits per heavy atom. The molecule has 2 aromatic rings. The lowest BCUT2D eigenvalue weighted by Gasteiger charge is -2.31. The van der Waals surface area contributed by atoms with Crippen molar-refractivity contribution >= 4 is 35.0 Å². The number of amides is 1. The Balaban J connectivity index is 1.67. The van der Waals surface area contributed by atoms with Gasteiger partial charge in [-0.1, -0.05) is 49.9 Å². The molecular formula is C21H27N3O3S2.